The van der Waals surface area contributed by atoms with Gasteiger partial charge in [-0.25, -0.2) is 5.43 Å². The summed E-state index contributed by atoms with van der Waals surface area (Å²) in [6.45, 7) is 1.80. The van der Waals surface area contributed by atoms with Crippen molar-refractivity contribution in [1.29, 1.82) is 0 Å². The number of carbonyl (C=O) groups excluding carboxylic acids is 1. The van der Waals surface area contributed by atoms with Gasteiger partial charge in [0.05, 0.1) is 0 Å². The summed E-state index contributed by atoms with van der Waals surface area (Å²) in [4.78, 5) is 11.9. The third kappa shape index (κ3) is 5.10. The molecule has 0 fully saturated rings. The molecule has 1 atom stereocenters. The van der Waals surface area contributed by atoms with Gasteiger partial charge in [0, 0.05) is 5.56 Å². The molecule has 2 N–H and O–H groups in total. The van der Waals surface area contributed by atoms with Gasteiger partial charge in [0.15, 0.2) is 0 Å². The average Bonchev–Trinajstić information content (AvgIpc) is 2.51. The Morgan fingerprint density at radius 2 is 1.78 bits per heavy atom. The predicted octanol–water partition coefficient (Wildman–Crippen LogP) is 3.40. The maximum absolute atomic E-state index is 13.1. The molecule has 2 rings (SSSR count). The first-order chi connectivity index (χ1) is 10.9. The molecule has 3 nitrogen and oxygen atoms in total. The minimum Gasteiger partial charge on any atom is -0.287 e. The molecule has 6 heteroatoms. The molecule has 0 bridgehead atoms. The van der Waals surface area contributed by atoms with Crippen LogP contribution < -0.4 is 10.9 Å². The molecule has 1 amide bonds. The lowest BCUT2D eigenvalue weighted by atomic mass is 10.1. The van der Waals surface area contributed by atoms with Crippen LogP contribution in [-0.2, 0) is 6.42 Å². The third-order valence-electron chi connectivity index (χ3n) is 3.32. The average molecular weight is 322 g/mol. The number of benzene rings is 2. The Hall–Kier alpha value is -2.34. The van der Waals surface area contributed by atoms with Crippen molar-refractivity contribution in [3.63, 3.8) is 0 Å². The number of halogens is 3. The van der Waals surface area contributed by atoms with E-state index < -0.39 is 18.1 Å². The molecule has 0 aliphatic heterocycles. The normalized spacial score (nSPS) is 12.7. The van der Waals surface area contributed by atoms with E-state index in [0.29, 0.717) is 11.1 Å². The highest BCUT2D eigenvalue weighted by Crippen LogP contribution is 2.22. The van der Waals surface area contributed by atoms with Gasteiger partial charge in [0.2, 0.25) is 0 Å². The van der Waals surface area contributed by atoms with Crippen molar-refractivity contribution < 1.29 is 18.0 Å². The van der Waals surface area contributed by atoms with Crippen molar-refractivity contribution in [3.05, 3.63) is 71.3 Å². The van der Waals surface area contributed by atoms with E-state index in [9.17, 15) is 18.0 Å². The van der Waals surface area contributed by atoms with Crippen molar-refractivity contribution in [3.8, 4) is 0 Å². The standard InChI is InChI=1S/C17H17F3N2O/c1-12-6-5-9-14(10-12)16(23)22-21-15(17(18,19)20)11-13-7-3-2-4-8-13/h2-10,15,21H,11H2,1H3,(H,22,23)/t15-/m1/s1. The Morgan fingerprint density at radius 3 is 2.39 bits per heavy atom. The van der Waals surface area contributed by atoms with Crippen LogP contribution in [0.4, 0.5) is 13.2 Å². The molecule has 0 aliphatic rings. The second-order valence-electron chi connectivity index (χ2n) is 5.25. The summed E-state index contributed by atoms with van der Waals surface area (Å²) in [6, 6.07) is 13.1. The molecule has 0 radical (unpaired) electrons. The van der Waals surface area contributed by atoms with E-state index in [1.165, 1.54) is 0 Å². The minimum absolute atomic E-state index is 0.265. The number of rotatable bonds is 5. The number of amides is 1. The summed E-state index contributed by atoms with van der Waals surface area (Å²) in [6.07, 6.45) is -4.74. The van der Waals surface area contributed by atoms with Gasteiger partial charge in [-0.1, -0.05) is 48.0 Å². The van der Waals surface area contributed by atoms with Crippen LogP contribution in [0.3, 0.4) is 0 Å². The highest BCUT2D eigenvalue weighted by atomic mass is 19.4. The second-order valence-corrected chi connectivity index (χ2v) is 5.25. The van der Waals surface area contributed by atoms with E-state index in [1.54, 1.807) is 61.5 Å². The molecule has 0 aliphatic carbocycles. The first-order valence-corrected chi connectivity index (χ1v) is 7.09. The predicted molar refractivity (Wildman–Crippen MR) is 81.8 cm³/mol. The van der Waals surface area contributed by atoms with E-state index in [4.69, 9.17) is 0 Å². The Bertz CT molecular complexity index is 656. The van der Waals surface area contributed by atoms with Gasteiger partial charge in [0.1, 0.15) is 6.04 Å². The quantitative estimate of drug-likeness (QED) is 0.829. The Balaban J connectivity index is 2.02. The Labute approximate surface area is 132 Å². The van der Waals surface area contributed by atoms with Gasteiger partial charge in [-0.15, -0.1) is 0 Å². The largest absolute Gasteiger partial charge is 0.405 e. The second kappa shape index (κ2) is 7.28. The molecule has 122 valence electrons. The van der Waals surface area contributed by atoms with Crippen molar-refractivity contribution >= 4 is 5.91 Å². The number of nitrogens with one attached hydrogen (secondary N) is 2. The van der Waals surface area contributed by atoms with Gasteiger partial charge in [0.25, 0.3) is 5.91 Å². The minimum atomic E-state index is -4.48. The summed E-state index contributed by atoms with van der Waals surface area (Å²) in [5.74, 6) is -0.601. The van der Waals surface area contributed by atoms with Crippen LogP contribution in [0, 0.1) is 6.92 Å². The molecule has 23 heavy (non-hydrogen) atoms. The molecule has 2 aromatic rings. The third-order valence-corrected chi connectivity index (χ3v) is 3.32. The number of hydrogen-bond donors (Lipinski definition) is 2. The van der Waals surface area contributed by atoms with E-state index >= 15 is 0 Å². The van der Waals surface area contributed by atoms with Crippen LogP contribution in [0.5, 0.6) is 0 Å². The van der Waals surface area contributed by atoms with Crippen molar-refractivity contribution in [2.24, 2.45) is 0 Å². The fourth-order valence-electron chi connectivity index (χ4n) is 2.11. The summed E-state index contributed by atoms with van der Waals surface area (Å²) < 4.78 is 39.3. The summed E-state index contributed by atoms with van der Waals surface area (Å²) >= 11 is 0. The zero-order valence-electron chi connectivity index (χ0n) is 12.5. The smallest absolute Gasteiger partial charge is 0.287 e. The number of aryl methyl sites for hydroxylation is 1. The maximum atomic E-state index is 13.1. The van der Waals surface area contributed by atoms with Gasteiger partial charge in [-0.05, 0) is 31.0 Å². The topological polar surface area (TPSA) is 41.1 Å². The summed E-state index contributed by atoms with van der Waals surface area (Å²) in [5.41, 5.74) is 5.94. The van der Waals surface area contributed by atoms with Gasteiger partial charge in [-0.2, -0.15) is 13.2 Å². The lowest BCUT2D eigenvalue weighted by Crippen LogP contribution is -2.52. The zero-order chi connectivity index (χ0) is 16.9. The fraction of sp³-hybridized carbons (Fsp3) is 0.235. The fourth-order valence-corrected chi connectivity index (χ4v) is 2.11. The van der Waals surface area contributed by atoms with Crippen LogP contribution >= 0.6 is 0 Å². The van der Waals surface area contributed by atoms with Gasteiger partial charge < -0.3 is 0 Å². The van der Waals surface area contributed by atoms with E-state index in [0.717, 1.165) is 5.56 Å². The molecule has 2 aromatic carbocycles. The number of alkyl halides is 3. The van der Waals surface area contributed by atoms with Crippen LogP contribution in [0.2, 0.25) is 0 Å². The highest BCUT2D eigenvalue weighted by molar-refractivity contribution is 5.94. The maximum Gasteiger partial charge on any atom is 0.405 e. The number of hydrogen-bond acceptors (Lipinski definition) is 2. The number of carbonyl (C=O) groups is 1. The van der Waals surface area contributed by atoms with Gasteiger partial charge in [-0.3, -0.25) is 10.2 Å². The number of hydrazine groups is 1. The molecule has 0 heterocycles. The van der Waals surface area contributed by atoms with E-state index in [1.807, 2.05) is 0 Å². The molecule has 0 saturated carbocycles. The highest BCUT2D eigenvalue weighted by Gasteiger charge is 2.39. The van der Waals surface area contributed by atoms with Crippen LogP contribution in [0.15, 0.2) is 54.6 Å². The van der Waals surface area contributed by atoms with Crippen molar-refractivity contribution in [1.82, 2.24) is 10.9 Å². The van der Waals surface area contributed by atoms with Crippen LogP contribution in [-0.4, -0.2) is 18.1 Å². The lowest BCUT2D eigenvalue weighted by molar-refractivity contribution is -0.157. The van der Waals surface area contributed by atoms with Crippen LogP contribution in [0.25, 0.3) is 0 Å². The Kier molecular flexibility index (Phi) is 5.39. The summed E-state index contributed by atoms with van der Waals surface area (Å²) in [7, 11) is 0. The van der Waals surface area contributed by atoms with Crippen LogP contribution in [0.1, 0.15) is 21.5 Å². The van der Waals surface area contributed by atoms with E-state index in [2.05, 4.69) is 10.9 Å². The lowest BCUT2D eigenvalue weighted by Gasteiger charge is -2.22. The van der Waals surface area contributed by atoms with E-state index in [-0.39, 0.29) is 6.42 Å². The Morgan fingerprint density at radius 1 is 1.09 bits per heavy atom. The first-order valence-electron chi connectivity index (χ1n) is 7.09. The summed E-state index contributed by atoms with van der Waals surface area (Å²) in [5, 5.41) is 0. The molecule has 0 unspecified atom stereocenters. The zero-order valence-corrected chi connectivity index (χ0v) is 12.5. The SMILES string of the molecule is Cc1cccc(C(=O)NN[C@H](Cc2ccccc2)C(F)(F)F)c1. The monoisotopic (exact) mass is 322 g/mol. The molecular formula is C17H17F3N2O. The van der Waals surface area contributed by atoms with Gasteiger partial charge >= 0.3 is 6.18 Å². The molecule has 0 saturated heterocycles. The molecular weight excluding hydrogens is 305 g/mol. The first kappa shape index (κ1) is 17.0. The van der Waals surface area contributed by atoms with Crippen molar-refractivity contribution in [2.75, 3.05) is 0 Å². The molecule has 0 spiro atoms. The van der Waals surface area contributed by atoms with Crippen molar-refractivity contribution in [2.45, 2.75) is 25.6 Å². The molecule has 0 aromatic heterocycles.